The minimum Gasteiger partial charge on any atom is -0.493 e. The van der Waals surface area contributed by atoms with Crippen molar-refractivity contribution in [1.82, 2.24) is 0 Å². The molecule has 4 nitrogen and oxygen atoms in total. The van der Waals surface area contributed by atoms with E-state index in [2.05, 4.69) is 13.8 Å². The van der Waals surface area contributed by atoms with Gasteiger partial charge in [-0.05, 0) is 44.4 Å². The third-order valence-electron chi connectivity index (χ3n) is 3.44. The monoisotopic (exact) mass is 265 g/mol. The summed E-state index contributed by atoms with van der Waals surface area (Å²) in [5.74, 6) is 1.47. The lowest BCUT2D eigenvalue weighted by atomic mass is 10.1. The second-order valence-corrected chi connectivity index (χ2v) is 5.54. The molecule has 1 aliphatic rings. The van der Waals surface area contributed by atoms with Gasteiger partial charge in [0.2, 0.25) is 0 Å². The predicted octanol–water partition coefficient (Wildman–Crippen LogP) is 2.49. The summed E-state index contributed by atoms with van der Waals surface area (Å²) in [4.78, 5) is 0. The second kappa shape index (κ2) is 5.80. The molecule has 0 aromatic heterocycles. The molecule has 0 saturated carbocycles. The third-order valence-corrected chi connectivity index (χ3v) is 3.44. The molecule has 19 heavy (non-hydrogen) atoms. The lowest BCUT2D eigenvalue weighted by Crippen LogP contribution is -2.24. The molecule has 4 heteroatoms. The minimum absolute atomic E-state index is 0.0305. The highest BCUT2D eigenvalue weighted by atomic mass is 16.6. The molecule has 1 aromatic carbocycles. The maximum atomic E-state index is 5.91. The van der Waals surface area contributed by atoms with Crippen LogP contribution >= 0.6 is 0 Å². The second-order valence-electron chi connectivity index (χ2n) is 5.54. The molecule has 1 fully saturated rings. The van der Waals surface area contributed by atoms with Crippen LogP contribution in [-0.4, -0.2) is 25.4 Å². The summed E-state index contributed by atoms with van der Waals surface area (Å²) in [6.45, 7) is 5.27. The van der Waals surface area contributed by atoms with Gasteiger partial charge in [0.05, 0.1) is 18.8 Å². The van der Waals surface area contributed by atoms with Crippen molar-refractivity contribution in [1.29, 1.82) is 0 Å². The van der Waals surface area contributed by atoms with E-state index in [4.69, 9.17) is 19.9 Å². The van der Waals surface area contributed by atoms with Crippen molar-refractivity contribution in [3.05, 3.63) is 23.8 Å². The van der Waals surface area contributed by atoms with Gasteiger partial charge in [-0.25, -0.2) is 0 Å². The summed E-state index contributed by atoms with van der Waals surface area (Å²) in [5, 5.41) is 0. The largest absolute Gasteiger partial charge is 0.493 e. The Labute approximate surface area is 114 Å². The first-order valence-corrected chi connectivity index (χ1v) is 6.71. The van der Waals surface area contributed by atoms with Gasteiger partial charge in [-0.3, -0.25) is 0 Å². The lowest BCUT2D eigenvalue weighted by molar-refractivity contribution is -0.0329. The van der Waals surface area contributed by atoms with Crippen LogP contribution in [0.25, 0.3) is 0 Å². The number of hydrogen-bond donors (Lipinski definition) is 1. The molecule has 0 radical (unpaired) electrons. The summed E-state index contributed by atoms with van der Waals surface area (Å²) in [5.41, 5.74) is 6.64. The molecule has 1 aliphatic heterocycles. The van der Waals surface area contributed by atoms with E-state index >= 15 is 0 Å². The van der Waals surface area contributed by atoms with Crippen LogP contribution in [-0.2, 0) is 11.3 Å². The van der Waals surface area contributed by atoms with Crippen molar-refractivity contribution < 1.29 is 14.2 Å². The van der Waals surface area contributed by atoms with Crippen LogP contribution in [0.5, 0.6) is 11.5 Å². The highest BCUT2D eigenvalue weighted by Crippen LogP contribution is 2.32. The molecular formula is C15H23NO3. The van der Waals surface area contributed by atoms with Gasteiger partial charge >= 0.3 is 0 Å². The van der Waals surface area contributed by atoms with Gasteiger partial charge < -0.3 is 19.9 Å². The lowest BCUT2D eigenvalue weighted by Gasteiger charge is -2.20. The van der Waals surface area contributed by atoms with E-state index < -0.39 is 0 Å². The molecule has 1 heterocycles. The molecule has 1 unspecified atom stereocenters. The molecule has 106 valence electrons. The van der Waals surface area contributed by atoms with Crippen LogP contribution < -0.4 is 15.2 Å². The van der Waals surface area contributed by atoms with Gasteiger partial charge in [0, 0.05) is 6.54 Å². The van der Waals surface area contributed by atoms with Gasteiger partial charge in [-0.15, -0.1) is 0 Å². The van der Waals surface area contributed by atoms with Crippen LogP contribution in [0, 0.1) is 0 Å². The quantitative estimate of drug-likeness (QED) is 0.888. The van der Waals surface area contributed by atoms with Crippen molar-refractivity contribution in [2.45, 2.75) is 44.9 Å². The van der Waals surface area contributed by atoms with Crippen molar-refractivity contribution >= 4 is 0 Å². The van der Waals surface area contributed by atoms with Gasteiger partial charge in [-0.1, -0.05) is 6.07 Å². The zero-order valence-electron chi connectivity index (χ0n) is 11.9. The fourth-order valence-electron chi connectivity index (χ4n) is 2.34. The van der Waals surface area contributed by atoms with Gasteiger partial charge in [0.15, 0.2) is 11.5 Å². The predicted molar refractivity (Wildman–Crippen MR) is 74.6 cm³/mol. The van der Waals surface area contributed by atoms with Crippen LogP contribution in [0.2, 0.25) is 0 Å². The number of benzene rings is 1. The van der Waals surface area contributed by atoms with E-state index in [1.54, 1.807) is 7.11 Å². The standard InChI is InChI=1S/C15H23NO3/c1-15(2)7-6-12(19-15)10-18-14-8-11(9-16)4-5-13(14)17-3/h4-5,8,12H,6-7,9-10,16H2,1-3H3. The van der Waals surface area contributed by atoms with E-state index in [1.165, 1.54) is 0 Å². The first-order valence-electron chi connectivity index (χ1n) is 6.71. The average molecular weight is 265 g/mol. The van der Waals surface area contributed by atoms with E-state index in [-0.39, 0.29) is 11.7 Å². The summed E-state index contributed by atoms with van der Waals surface area (Å²) < 4.78 is 17.0. The van der Waals surface area contributed by atoms with Crippen LogP contribution in [0.3, 0.4) is 0 Å². The SMILES string of the molecule is COc1ccc(CN)cc1OCC1CCC(C)(C)O1. The first kappa shape index (κ1) is 14.2. The summed E-state index contributed by atoms with van der Waals surface area (Å²) in [6.07, 6.45) is 2.26. The third kappa shape index (κ3) is 3.61. The fraction of sp³-hybridized carbons (Fsp3) is 0.600. The number of hydrogen-bond acceptors (Lipinski definition) is 4. The Morgan fingerprint density at radius 1 is 1.37 bits per heavy atom. The molecule has 2 N–H and O–H groups in total. The normalized spacial score (nSPS) is 21.4. The van der Waals surface area contributed by atoms with Gasteiger partial charge in [0.25, 0.3) is 0 Å². The topological polar surface area (TPSA) is 53.7 Å². The van der Waals surface area contributed by atoms with Gasteiger partial charge in [0.1, 0.15) is 6.61 Å². The van der Waals surface area contributed by atoms with Crippen LogP contribution in [0.1, 0.15) is 32.3 Å². The molecule has 0 aliphatic carbocycles. The van der Waals surface area contributed by atoms with Gasteiger partial charge in [-0.2, -0.15) is 0 Å². The fourth-order valence-corrected chi connectivity index (χ4v) is 2.34. The molecule has 1 saturated heterocycles. The number of rotatable bonds is 5. The number of methoxy groups -OCH3 is 1. The summed E-state index contributed by atoms with van der Waals surface area (Å²) >= 11 is 0. The average Bonchev–Trinajstić information content (AvgIpc) is 2.75. The van der Waals surface area contributed by atoms with E-state index in [0.29, 0.717) is 13.2 Å². The van der Waals surface area contributed by atoms with E-state index in [9.17, 15) is 0 Å². The molecule has 0 bridgehead atoms. The number of ether oxygens (including phenoxy) is 3. The van der Waals surface area contributed by atoms with Crippen LogP contribution in [0.15, 0.2) is 18.2 Å². The highest BCUT2D eigenvalue weighted by Gasteiger charge is 2.32. The smallest absolute Gasteiger partial charge is 0.161 e. The maximum Gasteiger partial charge on any atom is 0.161 e. The Bertz CT molecular complexity index is 431. The molecule has 0 amide bonds. The number of nitrogens with two attached hydrogens (primary N) is 1. The zero-order valence-corrected chi connectivity index (χ0v) is 11.9. The Morgan fingerprint density at radius 2 is 2.16 bits per heavy atom. The molecule has 2 rings (SSSR count). The Hall–Kier alpha value is -1.26. The van der Waals surface area contributed by atoms with E-state index in [1.807, 2.05) is 18.2 Å². The summed E-state index contributed by atoms with van der Waals surface area (Å²) in [7, 11) is 1.64. The molecule has 1 aromatic rings. The van der Waals surface area contributed by atoms with Crippen molar-refractivity contribution in [3.8, 4) is 11.5 Å². The van der Waals surface area contributed by atoms with Crippen molar-refractivity contribution in [3.63, 3.8) is 0 Å². The molecule has 0 spiro atoms. The minimum atomic E-state index is -0.0305. The van der Waals surface area contributed by atoms with Crippen molar-refractivity contribution in [2.24, 2.45) is 5.73 Å². The maximum absolute atomic E-state index is 5.91. The Kier molecular flexibility index (Phi) is 4.32. The first-order chi connectivity index (χ1) is 9.04. The van der Waals surface area contributed by atoms with Crippen LogP contribution in [0.4, 0.5) is 0 Å². The van der Waals surface area contributed by atoms with Crippen molar-refractivity contribution in [2.75, 3.05) is 13.7 Å². The summed E-state index contributed by atoms with van der Waals surface area (Å²) in [6, 6.07) is 5.76. The molecule has 1 atom stereocenters. The Balaban J connectivity index is 1.98. The highest BCUT2D eigenvalue weighted by molar-refractivity contribution is 5.42. The molecular weight excluding hydrogens is 242 g/mol. The Morgan fingerprint density at radius 3 is 2.74 bits per heavy atom. The zero-order chi connectivity index (χ0) is 13.9. The van der Waals surface area contributed by atoms with E-state index in [0.717, 1.165) is 29.9 Å².